The van der Waals surface area contributed by atoms with Crippen LogP contribution < -0.4 is 16.0 Å². The topological polar surface area (TPSA) is 65.6 Å². The number of rotatable bonds is 3. The molecular weight excluding hydrogens is 294 g/mol. The van der Waals surface area contributed by atoms with Gasteiger partial charge < -0.3 is 4.74 Å². The van der Waals surface area contributed by atoms with Gasteiger partial charge in [0.15, 0.2) is 5.90 Å². The highest BCUT2D eigenvalue weighted by Gasteiger charge is 2.12. The van der Waals surface area contributed by atoms with E-state index in [9.17, 15) is 9.59 Å². The molecule has 0 fully saturated rings. The first-order valence-electron chi connectivity index (χ1n) is 7.43. The van der Waals surface area contributed by atoms with E-state index in [0.29, 0.717) is 23.0 Å². The molecule has 0 saturated carbocycles. The lowest BCUT2D eigenvalue weighted by atomic mass is 10.2. The van der Waals surface area contributed by atoms with Crippen molar-refractivity contribution in [2.24, 2.45) is 19.1 Å². The molecule has 0 bridgehead atoms. The van der Waals surface area contributed by atoms with Crippen LogP contribution in [0.4, 0.5) is 5.82 Å². The van der Waals surface area contributed by atoms with Gasteiger partial charge in [0.2, 0.25) is 0 Å². The third-order valence-electron chi connectivity index (χ3n) is 3.69. The molecule has 1 heterocycles. The van der Waals surface area contributed by atoms with Crippen LogP contribution in [0.25, 0.3) is 0 Å². The second kappa shape index (κ2) is 6.64. The Morgan fingerprint density at radius 3 is 2.57 bits per heavy atom. The van der Waals surface area contributed by atoms with E-state index in [2.05, 4.69) is 11.9 Å². The summed E-state index contributed by atoms with van der Waals surface area (Å²) in [5, 5.41) is 0. The number of hydrogen-bond acceptors (Lipinski definition) is 4. The molecule has 6 heteroatoms. The molecule has 0 saturated heterocycles. The molecule has 23 heavy (non-hydrogen) atoms. The van der Waals surface area contributed by atoms with Gasteiger partial charge in [0.1, 0.15) is 11.6 Å². The van der Waals surface area contributed by atoms with Crippen molar-refractivity contribution in [3.63, 3.8) is 0 Å². The molecule has 1 aromatic carbocycles. The zero-order valence-electron chi connectivity index (χ0n) is 14.1. The smallest absolute Gasteiger partial charge is 0.332 e. The number of benzene rings is 1. The van der Waals surface area contributed by atoms with Crippen molar-refractivity contribution in [1.82, 2.24) is 9.13 Å². The van der Waals surface area contributed by atoms with E-state index in [4.69, 9.17) is 4.74 Å². The third-order valence-corrected chi connectivity index (χ3v) is 3.69. The second-order valence-corrected chi connectivity index (χ2v) is 5.39. The van der Waals surface area contributed by atoms with E-state index in [0.717, 1.165) is 16.6 Å². The Morgan fingerprint density at radius 2 is 1.91 bits per heavy atom. The van der Waals surface area contributed by atoms with E-state index in [1.54, 1.807) is 20.9 Å². The predicted octanol–water partition coefficient (Wildman–Crippen LogP) is 2.08. The maximum absolute atomic E-state index is 12.0. The molecule has 2 aromatic rings. The number of aromatic nitrogens is 2. The minimum absolute atomic E-state index is 0.308. The third kappa shape index (κ3) is 3.41. The summed E-state index contributed by atoms with van der Waals surface area (Å²) in [6.07, 6.45) is 0.912. The van der Waals surface area contributed by atoms with Crippen molar-refractivity contribution in [3.05, 3.63) is 56.2 Å². The van der Waals surface area contributed by atoms with Gasteiger partial charge >= 0.3 is 5.69 Å². The fraction of sp³-hybridized carbons (Fsp3) is 0.353. The highest BCUT2D eigenvalue weighted by Crippen LogP contribution is 2.16. The molecule has 0 amide bonds. The van der Waals surface area contributed by atoms with Crippen LogP contribution in [0.3, 0.4) is 0 Å². The normalized spacial score (nSPS) is 11.6. The lowest BCUT2D eigenvalue weighted by Crippen LogP contribution is -2.38. The Balaban J connectivity index is 2.42. The number of aryl methyl sites for hydroxylation is 1. The van der Waals surface area contributed by atoms with E-state index in [1.165, 1.54) is 11.6 Å². The van der Waals surface area contributed by atoms with E-state index < -0.39 is 5.69 Å². The SMILES string of the molecule is CCc1cccc(OC(C)=Nc2c(C)c(=O)n(C)c(=O)n2C)c1. The van der Waals surface area contributed by atoms with E-state index in [1.807, 2.05) is 24.3 Å². The average molecular weight is 315 g/mol. The minimum Gasteiger partial charge on any atom is -0.443 e. The molecule has 0 spiro atoms. The Kier molecular flexibility index (Phi) is 4.83. The Labute approximate surface area is 134 Å². The van der Waals surface area contributed by atoms with Crippen molar-refractivity contribution < 1.29 is 4.74 Å². The minimum atomic E-state index is -0.417. The van der Waals surface area contributed by atoms with Crippen molar-refractivity contribution in [1.29, 1.82) is 0 Å². The summed E-state index contributed by atoms with van der Waals surface area (Å²) in [6, 6.07) is 7.72. The van der Waals surface area contributed by atoms with Crippen LogP contribution in [0.2, 0.25) is 0 Å². The van der Waals surface area contributed by atoms with E-state index in [-0.39, 0.29) is 5.56 Å². The fourth-order valence-electron chi connectivity index (χ4n) is 2.33. The second-order valence-electron chi connectivity index (χ2n) is 5.39. The quantitative estimate of drug-likeness (QED) is 0.643. The summed E-state index contributed by atoms with van der Waals surface area (Å²) in [6.45, 7) is 5.41. The zero-order chi connectivity index (χ0) is 17.1. The largest absolute Gasteiger partial charge is 0.443 e. The molecule has 0 unspecified atom stereocenters. The molecule has 0 aliphatic rings. The van der Waals surface area contributed by atoms with Gasteiger partial charge in [-0.25, -0.2) is 4.79 Å². The number of aliphatic imine (C=N–C) groups is 1. The first kappa shape index (κ1) is 16.7. The van der Waals surface area contributed by atoms with Gasteiger partial charge in [-0.3, -0.25) is 13.9 Å². The first-order valence-corrected chi connectivity index (χ1v) is 7.43. The van der Waals surface area contributed by atoms with Crippen LogP contribution in [-0.4, -0.2) is 15.0 Å². The summed E-state index contributed by atoms with van der Waals surface area (Å²) in [5.74, 6) is 1.35. The van der Waals surface area contributed by atoms with Crippen molar-refractivity contribution in [2.45, 2.75) is 27.2 Å². The average Bonchev–Trinajstić information content (AvgIpc) is 2.55. The zero-order valence-corrected chi connectivity index (χ0v) is 14.1. The number of nitrogens with zero attached hydrogens (tertiary/aromatic N) is 3. The number of ether oxygens (including phenoxy) is 1. The Hall–Kier alpha value is -2.63. The summed E-state index contributed by atoms with van der Waals surface area (Å²) >= 11 is 0. The van der Waals surface area contributed by atoms with Gasteiger partial charge in [0.25, 0.3) is 5.56 Å². The van der Waals surface area contributed by atoms with Crippen LogP contribution in [0.15, 0.2) is 38.8 Å². The van der Waals surface area contributed by atoms with Gasteiger partial charge in [0, 0.05) is 21.0 Å². The lowest BCUT2D eigenvalue weighted by Gasteiger charge is -2.11. The van der Waals surface area contributed by atoms with Gasteiger partial charge in [-0.15, -0.1) is 0 Å². The molecule has 0 radical (unpaired) electrons. The maximum Gasteiger partial charge on any atom is 0.332 e. The molecule has 0 aliphatic carbocycles. The van der Waals surface area contributed by atoms with Gasteiger partial charge in [-0.1, -0.05) is 19.1 Å². The van der Waals surface area contributed by atoms with Crippen LogP contribution in [0.5, 0.6) is 5.75 Å². The van der Waals surface area contributed by atoms with Crippen molar-refractivity contribution in [3.8, 4) is 5.75 Å². The fourth-order valence-corrected chi connectivity index (χ4v) is 2.33. The van der Waals surface area contributed by atoms with Crippen LogP contribution in [-0.2, 0) is 20.5 Å². The van der Waals surface area contributed by atoms with Crippen molar-refractivity contribution >= 4 is 11.7 Å². The van der Waals surface area contributed by atoms with Gasteiger partial charge in [0.05, 0.1) is 5.56 Å². The van der Waals surface area contributed by atoms with Crippen LogP contribution >= 0.6 is 0 Å². The van der Waals surface area contributed by atoms with Crippen LogP contribution in [0, 0.1) is 6.92 Å². The first-order chi connectivity index (χ1) is 10.8. The molecule has 6 nitrogen and oxygen atoms in total. The highest BCUT2D eigenvalue weighted by atomic mass is 16.5. The lowest BCUT2D eigenvalue weighted by molar-refractivity contribution is 0.544. The van der Waals surface area contributed by atoms with Crippen molar-refractivity contribution in [2.75, 3.05) is 0 Å². The Bertz CT molecular complexity index is 838. The molecule has 0 aliphatic heterocycles. The predicted molar refractivity (Wildman–Crippen MR) is 90.9 cm³/mol. The summed E-state index contributed by atoms with van der Waals surface area (Å²) in [5.41, 5.74) is 0.792. The van der Waals surface area contributed by atoms with Gasteiger partial charge in [-0.2, -0.15) is 4.99 Å². The van der Waals surface area contributed by atoms with Gasteiger partial charge in [-0.05, 0) is 31.0 Å². The molecular formula is C17H21N3O3. The van der Waals surface area contributed by atoms with Crippen LogP contribution in [0.1, 0.15) is 25.0 Å². The standard InChI is InChI=1S/C17H21N3O3/c1-6-13-8-7-9-14(10-13)23-12(3)18-15-11(2)16(21)20(5)17(22)19(15)4/h7-10H,6H2,1-5H3. The monoisotopic (exact) mass is 315 g/mol. The molecule has 2 rings (SSSR count). The van der Waals surface area contributed by atoms with E-state index >= 15 is 0 Å². The number of hydrogen-bond donors (Lipinski definition) is 0. The molecule has 122 valence electrons. The Morgan fingerprint density at radius 1 is 1.22 bits per heavy atom. The molecule has 0 N–H and O–H groups in total. The molecule has 0 atom stereocenters. The summed E-state index contributed by atoms with van der Waals surface area (Å²) < 4.78 is 8.11. The molecule has 1 aromatic heterocycles. The summed E-state index contributed by atoms with van der Waals surface area (Å²) in [7, 11) is 3.03. The summed E-state index contributed by atoms with van der Waals surface area (Å²) in [4.78, 5) is 28.3. The maximum atomic E-state index is 12.0. The highest BCUT2D eigenvalue weighted by molar-refractivity contribution is 5.78.